The first-order valence-electron chi connectivity index (χ1n) is 8.49. The fraction of sp³-hybridized carbons (Fsp3) is 0.941. The molecule has 1 N–H and O–H groups in total. The Morgan fingerprint density at radius 3 is 2.50 bits per heavy atom. The molecule has 3 aliphatic rings. The van der Waals surface area contributed by atoms with E-state index in [1.165, 1.54) is 12.8 Å². The lowest BCUT2D eigenvalue weighted by Crippen LogP contribution is -2.46. The number of likely N-dealkylation sites (tertiary alicyclic amines) is 1. The van der Waals surface area contributed by atoms with Gasteiger partial charge in [0, 0.05) is 24.4 Å². The van der Waals surface area contributed by atoms with Gasteiger partial charge in [-0.15, -0.1) is 0 Å². The minimum Gasteiger partial charge on any atom is -0.393 e. The minimum absolute atomic E-state index is 0.165. The molecule has 114 valence electrons. The zero-order chi connectivity index (χ0) is 14.3. The van der Waals surface area contributed by atoms with Crippen LogP contribution in [0.25, 0.3) is 0 Å². The minimum atomic E-state index is -0.176. The molecule has 20 heavy (non-hydrogen) atoms. The van der Waals surface area contributed by atoms with Crippen molar-refractivity contribution >= 4 is 5.91 Å². The summed E-state index contributed by atoms with van der Waals surface area (Å²) in [6, 6.07) is 0.316. The Kier molecular flexibility index (Phi) is 3.83. The maximum Gasteiger partial charge on any atom is 0.226 e. The Morgan fingerprint density at radius 1 is 1.10 bits per heavy atom. The summed E-state index contributed by atoms with van der Waals surface area (Å²) in [6.45, 7) is 5.41. The number of rotatable bonds is 2. The third kappa shape index (κ3) is 2.38. The maximum atomic E-state index is 13.0. The lowest BCUT2D eigenvalue weighted by molar-refractivity contribution is -0.140. The molecule has 3 rings (SSSR count). The van der Waals surface area contributed by atoms with Crippen LogP contribution >= 0.6 is 0 Å². The van der Waals surface area contributed by atoms with Gasteiger partial charge in [-0.3, -0.25) is 4.79 Å². The Labute approximate surface area is 122 Å². The first kappa shape index (κ1) is 14.4. The second-order valence-corrected chi connectivity index (χ2v) is 7.84. The van der Waals surface area contributed by atoms with Crippen LogP contribution in [0.5, 0.6) is 0 Å². The summed E-state index contributed by atoms with van der Waals surface area (Å²) < 4.78 is 0. The van der Waals surface area contributed by atoms with Crippen LogP contribution in [-0.4, -0.2) is 34.6 Å². The van der Waals surface area contributed by atoms with E-state index in [0.717, 1.165) is 45.1 Å². The molecule has 3 fully saturated rings. The van der Waals surface area contributed by atoms with Crippen molar-refractivity contribution in [3.8, 4) is 0 Å². The molecule has 3 heteroatoms. The highest BCUT2D eigenvalue weighted by Crippen LogP contribution is 2.45. The Morgan fingerprint density at radius 2 is 1.90 bits per heavy atom. The average molecular weight is 279 g/mol. The van der Waals surface area contributed by atoms with Gasteiger partial charge in [0.25, 0.3) is 0 Å². The monoisotopic (exact) mass is 279 g/mol. The van der Waals surface area contributed by atoms with Crippen LogP contribution in [0.15, 0.2) is 0 Å². The molecule has 0 spiro atoms. The predicted molar refractivity (Wildman–Crippen MR) is 79.2 cm³/mol. The van der Waals surface area contributed by atoms with Gasteiger partial charge in [0.1, 0.15) is 0 Å². The third-order valence-corrected chi connectivity index (χ3v) is 6.16. The molecule has 0 bridgehead atoms. The maximum absolute atomic E-state index is 13.0. The highest BCUT2D eigenvalue weighted by Gasteiger charge is 2.46. The summed E-state index contributed by atoms with van der Waals surface area (Å²) in [7, 11) is 0. The van der Waals surface area contributed by atoms with Crippen LogP contribution in [-0.2, 0) is 4.79 Å². The molecule has 1 heterocycles. The van der Waals surface area contributed by atoms with Crippen molar-refractivity contribution < 1.29 is 9.90 Å². The molecule has 1 amide bonds. The first-order chi connectivity index (χ1) is 9.50. The van der Waals surface area contributed by atoms with Gasteiger partial charge in [0.15, 0.2) is 0 Å². The van der Waals surface area contributed by atoms with Crippen molar-refractivity contribution in [2.24, 2.45) is 17.3 Å². The second kappa shape index (κ2) is 5.32. The van der Waals surface area contributed by atoms with E-state index >= 15 is 0 Å². The molecular weight excluding hydrogens is 250 g/mol. The van der Waals surface area contributed by atoms with Crippen molar-refractivity contribution in [1.29, 1.82) is 0 Å². The van der Waals surface area contributed by atoms with E-state index < -0.39 is 0 Å². The van der Waals surface area contributed by atoms with Crippen LogP contribution in [0, 0.1) is 17.3 Å². The van der Waals surface area contributed by atoms with Crippen LogP contribution in [0.1, 0.15) is 65.2 Å². The van der Waals surface area contributed by atoms with Crippen molar-refractivity contribution in [1.82, 2.24) is 4.90 Å². The lowest BCUT2D eigenvalue weighted by atomic mass is 9.80. The zero-order valence-corrected chi connectivity index (χ0v) is 13.0. The number of hydrogen-bond donors (Lipinski definition) is 1. The Hall–Kier alpha value is -0.570. The van der Waals surface area contributed by atoms with E-state index in [2.05, 4.69) is 18.7 Å². The van der Waals surface area contributed by atoms with E-state index in [1.54, 1.807) is 0 Å². The van der Waals surface area contributed by atoms with Gasteiger partial charge in [-0.25, -0.2) is 0 Å². The summed E-state index contributed by atoms with van der Waals surface area (Å²) in [5.41, 5.74) is 0.165. The van der Waals surface area contributed by atoms with E-state index in [1.807, 2.05) is 0 Å². The molecule has 1 saturated heterocycles. The molecule has 4 atom stereocenters. The summed E-state index contributed by atoms with van der Waals surface area (Å²) in [4.78, 5) is 15.1. The van der Waals surface area contributed by atoms with Crippen molar-refractivity contribution in [2.75, 3.05) is 6.54 Å². The Bertz CT molecular complexity index is 379. The second-order valence-electron chi connectivity index (χ2n) is 7.84. The van der Waals surface area contributed by atoms with E-state index in [9.17, 15) is 9.90 Å². The molecule has 3 nitrogen and oxygen atoms in total. The standard InChI is InChI=1S/C17H29NO2/c1-17(2)10-4-7-13(17)16(20)18-11-5-8-14(18)12-6-3-9-15(12)19/h12-15,19H,3-11H2,1-2H3. The van der Waals surface area contributed by atoms with Gasteiger partial charge in [0.05, 0.1) is 6.10 Å². The molecule has 2 aliphatic carbocycles. The number of carbonyl (C=O) groups is 1. The molecule has 0 aromatic carbocycles. The zero-order valence-electron chi connectivity index (χ0n) is 13.0. The summed E-state index contributed by atoms with van der Waals surface area (Å²) >= 11 is 0. The normalized spacial score (nSPS) is 40.5. The van der Waals surface area contributed by atoms with Crippen molar-refractivity contribution in [3.63, 3.8) is 0 Å². The van der Waals surface area contributed by atoms with Gasteiger partial charge in [-0.2, -0.15) is 0 Å². The molecule has 4 unspecified atom stereocenters. The molecular formula is C17H29NO2. The van der Waals surface area contributed by atoms with Crippen LogP contribution in [0.4, 0.5) is 0 Å². The third-order valence-electron chi connectivity index (χ3n) is 6.16. The van der Waals surface area contributed by atoms with Gasteiger partial charge in [-0.05, 0) is 43.9 Å². The molecule has 0 aromatic heterocycles. The van der Waals surface area contributed by atoms with Crippen molar-refractivity contribution in [3.05, 3.63) is 0 Å². The van der Waals surface area contributed by atoms with E-state index in [-0.39, 0.29) is 17.4 Å². The number of aliphatic hydroxyl groups excluding tert-OH is 1. The van der Waals surface area contributed by atoms with Gasteiger partial charge >= 0.3 is 0 Å². The summed E-state index contributed by atoms with van der Waals surface area (Å²) in [6.07, 6.45) is 8.61. The van der Waals surface area contributed by atoms with E-state index in [4.69, 9.17) is 0 Å². The number of aliphatic hydroxyl groups is 1. The highest BCUT2D eigenvalue weighted by molar-refractivity contribution is 5.80. The summed E-state index contributed by atoms with van der Waals surface area (Å²) in [5, 5.41) is 10.2. The lowest BCUT2D eigenvalue weighted by Gasteiger charge is -2.36. The van der Waals surface area contributed by atoms with Gasteiger partial charge < -0.3 is 10.0 Å². The molecule has 0 aromatic rings. The largest absolute Gasteiger partial charge is 0.393 e. The molecule has 1 aliphatic heterocycles. The average Bonchev–Trinajstić information content (AvgIpc) is 3.07. The number of carbonyl (C=O) groups excluding carboxylic acids is 1. The SMILES string of the molecule is CC1(C)CCCC1C(=O)N1CCCC1C1CCCC1O. The molecule has 2 saturated carbocycles. The van der Waals surface area contributed by atoms with Crippen LogP contribution in [0.2, 0.25) is 0 Å². The molecule has 0 radical (unpaired) electrons. The first-order valence-corrected chi connectivity index (χ1v) is 8.49. The van der Waals surface area contributed by atoms with Crippen molar-refractivity contribution in [2.45, 2.75) is 77.4 Å². The van der Waals surface area contributed by atoms with Crippen LogP contribution in [0.3, 0.4) is 0 Å². The predicted octanol–water partition coefficient (Wildman–Crippen LogP) is 2.96. The Balaban J connectivity index is 1.73. The van der Waals surface area contributed by atoms with Crippen LogP contribution < -0.4 is 0 Å². The smallest absolute Gasteiger partial charge is 0.226 e. The highest BCUT2D eigenvalue weighted by atomic mass is 16.3. The quantitative estimate of drug-likeness (QED) is 0.844. The van der Waals surface area contributed by atoms with E-state index in [0.29, 0.717) is 17.9 Å². The van der Waals surface area contributed by atoms with Gasteiger partial charge in [-0.1, -0.05) is 26.7 Å². The fourth-order valence-corrected chi connectivity index (χ4v) is 4.91. The fourth-order valence-electron chi connectivity index (χ4n) is 4.91. The summed E-state index contributed by atoms with van der Waals surface area (Å²) in [5.74, 6) is 0.932. The topological polar surface area (TPSA) is 40.5 Å². The number of nitrogens with zero attached hydrogens (tertiary/aromatic N) is 1. The van der Waals surface area contributed by atoms with Gasteiger partial charge in [0.2, 0.25) is 5.91 Å². The number of hydrogen-bond acceptors (Lipinski definition) is 2. The number of amides is 1.